The highest BCUT2D eigenvalue weighted by atomic mass is 127. The molecule has 0 radical (unpaired) electrons. The average Bonchev–Trinajstić information content (AvgIpc) is 2.45. The fourth-order valence-corrected chi connectivity index (χ4v) is 2.33. The fourth-order valence-electron chi connectivity index (χ4n) is 2.02. The summed E-state index contributed by atoms with van der Waals surface area (Å²) >= 11 is 2.26. The molecule has 0 N–H and O–H groups in total. The SMILES string of the molecule is CCCCCCCCCCCC(=O)OCCOCCI. The Balaban J connectivity index is 3.11. The Kier molecular flexibility index (Phi) is 17.3. The van der Waals surface area contributed by atoms with Crippen LogP contribution in [0.1, 0.15) is 71.1 Å². The number of alkyl halides is 1. The average molecular weight is 398 g/mol. The number of esters is 1. The number of carbonyl (C=O) groups excluding carboxylic acids is 1. The Morgan fingerprint density at radius 2 is 1.45 bits per heavy atom. The second-order valence-electron chi connectivity index (χ2n) is 5.10. The fraction of sp³-hybridized carbons (Fsp3) is 0.938. The number of hydrogen-bond donors (Lipinski definition) is 0. The van der Waals surface area contributed by atoms with E-state index in [0.717, 1.165) is 23.9 Å². The number of ether oxygens (including phenoxy) is 2. The van der Waals surface area contributed by atoms with Gasteiger partial charge in [-0.1, -0.05) is 80.9 Å². The molecule has 0 aliphatic heterocycles. The summed E-state index contributed by atoms with van der Waals surface area (Å²) in [5.41, 5.74) is 0. The Bertz CT molecular complexity index is 210. The molecule has 0 aliphatic rings. The molecule has 4 heteroatoms. The maximum absolute atomic E-state index is 11.4. The molecule has 0 saturated carbocycles. The van der Waals surface area contributed by atoms with Gasteiger partial charge in [0.1, 0.15) is 6.61 Å². The van der Waals surface area contributed by atoms with E-state index in [-0.39, 0.29) is 5.97 Å². The van der Waals surface area contributed by atoms with Crippen LogP contribution in [0.4, 0.5) is 0 Å². The molecule has 0 atom stereocenters. The van der Waals surface area contributed by atoms with Crippen molar-refractivity contribution in [1.29, 1.82) is 0 Å². The van der Waals surface area contributed by atoms with Gasteiger partial charge < -0.3 is 9.47 Å². The van der Waals surface area contributed by atoms with Crippen LogP contribution >= 0.6 is 22.6 Å². The van der Waals surface area contributed by atoms with Crippen LogP contribution in [-0.4, -0.2) is 30.2 Å². The maximum Gasteiger partial charge on any atom is 0.305 e. The van der Waals surface area contributed by atoms with Crippen LogP contribution in [0.15, 0.2) is 0 Å². The molecule has 3 nitrogen and oxygen atoms in total. The van der Waals surface area contributed by atoms with E-state index in [9.17, 15) is 4.79 Å². The van der Waals surface area contributed by atoms with Gasteiger partial charge in [0.2, 0.25) is 0 Å². The molecule has 20 heavy (non-hydrogen) atoms. The van der Waals surface area contributed by atoms with E-state index in [1.807, 2.05) is 0 Å². The lowest BCUT2D eigenvalue weighted by atomic mass is 10.1. The summed E-state index contributed by atoms with van der Waals surface area (Å²) in [6.07, 6.45) is 12.0. The van der Waals surface area contributed by atoms with Crippen LogP contribution in [0.5, 0.6) is 0 Å². The van der Waals surface area contributed by atoms with Crippen LogP contribution in [0.3, 0.4) is 0 Å². The monoisotopic (exact) mass is 398 g/mol. The second-order valence-corrected chi connectivity index (χ2v) is 6.18. The zero-order valence-electron chi connectivity index (χ0n) is 13.0. The lowest BCUT2D eigenvalue weighted by molar-refractivity contribution is -0.145. The van der Waals surface area contributed by atoms with Gasteiger partial charge in [0.25, 0.3) is 0 Å². The maximum atomic E-state index is 11.4. The first-order chi connectivity index (χ1) is 9.81. The van der Waals surface area contributed by atoms with E-state index in [0.29, 0.717) is 19.6 Å². The number of unbranched alkanes of at least 4 members (excludes halogenated alkanes) is 8. The van der Waals surface area contributed by atoms with E-state index >= 15 is 0 Å². The van der Waals surface area contributed by atoms with Crippen molar-refractivity contribution in [3.63, 3.8) is 0 Å². The molecular weight excluding hydrogens is 367 g/mol. The van der Waals surface area contributed by atoms with Crippen molar-refractivity contribution in [2.45, 2.75) is 71.1 Å². The van der Waals surface area contributed by atoms with Crippen LogP contribution in [0.25, 0.3) is 0 Å². The number of rotatable bonds is 15. The topological polar surface area (TPSA) is 35.5 Å². The zero-order chi connectivity index (χ0) is 14.9. The van der Waals surface area contributed by atoms with Crippen molar-refractivity contribution < 1.29 is 14.3 Å². The van der Waals surface area contributed by atoms with Gasteiger partial charge in [0.05, 0.1) is 13.2 Å². The van der Waals surface area contributed by atoms with Crippen LogP contribution < -0.4 is 0 Å². The molecular formula is C16H31IO3. The lowest BCUT2D eigenvalue weighted by Crippen LogP contribution is -2.11. The number of halogens is 1. The third-order valence-corrected chi connectivity index (χ3v) is 3.64. The first-order valence-electron chi connectivity index (χ1n) is 8.10. The van der Waals surface area contributed by atoms with Crippen LogP contribution in [0.2, 0.25) is 0 Å². The number of hydrogen-bond acceptors (Lipinski definition) is 3. The van der Waals surface area contributed by atoms with Crippen LogP contribution in [0, 0.1) is 0 Å². The summed E-state index contributed by atoms with van der Waals surface area (Å²) < 4.78 is 11.3. The van der Waals surface area contributed by atoms with Crippen LogP contribution in [-0.2, 0) is 14.3 Å². The summed E-state index contributed by atoms with van der Waals surface area (Å²) in [5.74, 6) is -0.0778. The standard InChI is InChI=1S/C16H31IO3/c1-2-3-4-5-6-7-8-9-10-11-16(18)20-15-14-19-13-12-17/h2-15H2,1H3. The van der Waals surface area contributed by atoms with Crippen molar-refractivity contribution in [2.24, 2.45) is 0 Å². The molecule has 0 aliphatic carbocycles. The highest BCUT2D eigenvalue weighted by molar-refractivity contribution is 14.1. The largest absolute Gasteiger partial charge is 0.463 e. The highest BCUT2D eigenvalue weighted by Gasteiger charge is 2.02. The summed E-state index contributed by atoms with van der Waals surface area (Å²) in [5, 5.41) is 0. The first kappa shape index (κ1) is 20.2. The Hall–Kier alpha value is 0.160. The minimum atomic E-state index is -0.0778. The van der Waals surface area contributed by atoms with E-state index in [1.165, 1.54) is 44.9 Å². The predicted octanol–water partition coefficient (Wildman–Crippen LogP) is 4.90. The van der Waals surface area contributed by atoms with Gasteiger partial charge >= 0.3 is 5.97 Å². The van der Waals surface area contributed by atoms with Gasteiger partial charge in [-0.3, -0.25) is 4.79 Å². The molecule has 0 heterocycles. The van der Waals surface area contributed by atoms with E-state index < -0.39 is 0 Å². The number of carbonyl (C=O) groups is 1. The van der Waals surface area contributed by atoms with Gasteiger partial charge in [-0.15, -0.1) is 0 Å². The van der Waals surface area contributed by atoms with Crippen molar-refractivity contribution >= 4 is 28.6 Å². The first-order valence-corrected chi connectivity index (χ1v) is 9.63. The molecule has 0 saturated heterocycles. The molecule has 0 aromatic rings. The molecule has 0 unspecified atom stereocenters. The van der Waals surface area contributed by atoms with Gasteiger partial charge in [0.15, 0.2) is 0 Å². The summed E-state index contributed by atoms with van der Waals surface area (Å²) in [6, 6.07) is 0. The molecule has 0 amide bonds. The molecule has 0 aromatic carbocycles. The minimum absolute atomic E-state index is 0.0778. The summed E-state index contributed by atoms with van der Waals surface area (Å²) in [7, 11) is 0. The van der Waals surface area contributed by atoms with Gasteiger partial charge in [-0.25, -0.2) is 0 Å². The quantitative estimate of drug-likeness (QED) is 0.170. The Morgan fingerprint density at radius 1 is 0.850 bits per heavy atom. The lowest BCUT2D eigenvalue weighted by Gasteiger charge is -2.05. The highest BCUT2D eigenvalue weighted by Crippen LogP contribution is 2.10. The summed E-state index contributed by atoms with van der Waals surface area (Å²) in [4.78, 5) is 11.4. The van der Waals surface area contributed by atoms with Crippen molar-refractivity contribution in [1.82, 2.24) is 0 Å². The van der Waals surface area contributed by atoms with E-state index in [2.05, 4.69) is 29.5 Å². The second kappa shape index (κ2) is 17.2. The molecule has 0 bridgehead atoms. The van der Waals surface area contributed by atoms with Crippen molar-refractivity contribution in [2.75, 3.05) is 24.2 Å². The molecule has 0 spiro atoms. The molecule has 0 aromatic heterocycles. The van der Waals surface area contributed by atoms with Gasteiger partial charge in [-0.05, 0) is 6.42 Å². The third-order valence-electron chi connectivity index (χ3n) is 3.20. The van der Waals surface area contributed by atoms with Gasteiger partial charge in [0, 0.05) is 10.8 Å². The van der Waals surface area contributed by atoms with Crippen molar-refractivity contribution in [3.05, 3.63) is 0 Å². The third kappa shape index (κ3) is 16.2. The van der Waals surface area contributed by atoms with Gasteiger partial charge in [-0.2, -0.15) is 0 Å². The molecule has 0 rings (SSSR count). The van der Waals surface area contributed by atoms with E-state index in [1.54, 1.807) is 0 Å². The van der Waals surface area contributed by atoms with Crippen molar-refractivity contribution in [3.8, 4) is 0 Å². The minimum Gasteiger partial charge on any atom is -0.463 e. The Morgan fingerprint density at radius 3 is 2.05 bits per heavy atom. The summed E-state index contributed by atoms with van der Waals surface area (Å²) in [6.45, 7) is 3.89. The molecule has 0 fully saturated rings. The Labute approximate surface area is 138 Å². The zero-order valence-corrected chi connectivity index (χ0v) is 15.2. The van der Waals surface area contributed by atoms with E-state index in [4.69, 9.17) is 9.47 Å². The predicted molar refractivity (Wildman–Crippen MR) is 92.5 cm³/mol. The normalized spacial score (nSPS) is 10.7. The smallest absolute Gasteiger partial charge is 0.305 e. The molecule has 120 valence electrons.